The third-order valence-electron chi connectivity index (χ3n) is 10.1. The molecule has 0 aliphatic heterocycles. The highest BCUT2D eigenvalue weighted by molar-refractivity contribution is 6.10. The minimum atomic E-state index is 0.311. The highest BCUT2D eigenvalue weighted by Gasteiger charge is 2.26. The number of aryl methyl sites for hydroxylation is 1. The van der Waals surface area contributed by atoms with Gasteiger partial charge in [-0.2, -0.15) is 0 Å². The fourth-order valence-electron chi connectivity index (χ4n) is 7.19. The van der Waals surface area contributed by atoms with Crippen LogP contribution < -0.4 is 0 Å². The predicted molar refractivity (Wildman–Crippen MR) is 206 cm³/mol. The van der Waals surface area contributed by atoms with E-state index in [9.17, 15) is 0 Å². The smallest absolute Gasteiger partial charge is 0.227 e. The fraction of sp³-hybridized carbons (Fsp3) is 0.133. The van der Waals surface area contributed by atoms with Crippen molar-refractivity contribution < 1.29 is 4.42 Å². The summed E-state index contributed by atoms with van der Waals surface area (Å²) in [7, 11) is 0. The molecular formula is C45H36N4O. The number of pyridine rings is 2. The molecule has 0 N–H and O–H groups in total. The van der Waals surface area contributed by atoms with Crippen molar-refractivity contribution in [2.24, 2.45) is 5.92 Å². The molecule has 5 nitrogen and oxygen atoms in total. The molecule has 0 amide bonds. The van der Waals surface area contributed by atoms with Crippen molar-refractivity contribution in [3.05, 3.63) is 145 Å². The van der Waals surface area contributed by atoms with E-state index in [1.54, 1.807) is 0 Å². The molecule has 4 heterocycles. The first-order chi connectivity index (χ1) is 24.5. The zero-order chi connectivity index (χ0) is 33.9. The van der Waals surface area contributed by atoms with Gasteiger partial charge >= 0.3 is 0 Å². The summed E-state index contributed by atoms with van der Waals surface area (Å²) in [5.74, 6) is 1.57. The Morgan fingerprint density at radius 1 is 0.580 bits per heavy atom. The van der Waals surface area contributed by atoms with Gasteiger partial charge < -0.3 is 4.42 Å². The van der Waals surface area contributed by atoms with Gasteiger partial charge in [-0.25, -0.2) is 9.97 Å². The molecule has 0 fully saturated rings. The van der Waals surface area contributed by atoms with Crippen LogP contribution in [0.15, 0.2) is 138 Å². The van der Waals surface area contributed by atoms with Gasteiger partial charge in [-0.1, -0.05) is 124 Å². The molecule has 9 rings (SSSR count). The molecule has 0 aliphatic rings. The van der Waals surface area contributed by atoms with Crippen molar-refractivity contribution in [1.29, 1.82) is 0 Å². The van der Waals surface area contributed by atoms with Crippen molar-refractivity contribution in [3.63, 3.8) is 0 Å². The highest BCUT2D eigenvalue weighted by Crippen LogP contribution is 2.44. The lowest BCUT2D eigenvalue weighted by atomic mass is 9.94. The van der Waals surface area contributed by atoms with Crippen LogP contribution >= 0.6 is 0 Å². The molecule has 5 heteroatoms. The van der Waals surface area contributed by atoms with E-state index in [0.717, 1.165) is 89.0 Å². The van der Waals surface area contributed by atoms with Crippen molar-refractivity contribution in [1.82, 2.24) is 19.5 Å². The van der Waals surface area contributed by atoms with Gasteiger partial charge in [0, 0.05) is 44.6 Å². The van der Waals surface area contributed by atoms with E-state index >= 15 is 0 Å². The first-order valence-corrected chi connectivity index (χ1v) is 17.3. The molecule has 0 spiro atoms. The zero-order valence-electron chi connectivity index (χ0n) is 28.6. The number of imidazole rings is 1. The second-order valence-corrected chi connectivity index (χ2v) is 13.6. The summed E-state index contributed by atoms with van der Waals surface area (Å²) >= 11 is 0. The van der Waals surface area contributed by atoms with Crippen molar-refractivity contribution in [2.45, 2.75) is 33.6 Å². The topological polar surface area (TPSA) is 56.7 Å². The van der Waals surface area contributed by atoms with Gasteiger partial charge in [0.2, 0.25) is 5.71 Å². The fourth-order valence-corrected chi connectivity index (χ4v) is 7.19. The second-order valence-electron chi connectivity index (χ2n) is 13.6. The molecule has 0 saturated heterocycles. The summed E-state index contributed by atoms with van der Waals surface area (Å²) in [4.78, 5) is 15.6. The van der Waals surface area contributed by atoms with Crippen LogP contribution in [0.2, 0.25) is 0 Å². The predicted octanol–water partition coefficient (Wildman–Crippen LogP) is 11.9. The average Bonchev–Trinajstić information content (AvgIpc) is 3.73. The van der Waals surface area contributed by atoms with Gasteiger partial charge in [0.25, 0.3) is 0 Å². The van der Waals surface area contributed by atoms with E-state index in [-0.39, 0.29) is 0 Å². The van der Waals surface area contributed by atoms with Crippen LogP contribution in [-0.2, 0) is 0 Å². The number of nitrogens with zero attached hydrogens (tertiary/aromatic N) is 4. The SMILES string of the molecule is Cc1ccc2ccc3nc(-c4cccc5c4oc4nc(C(C)C(C)C)ccc45)n(-c4c(-c5ccccc5)cccc4-c4ccccc4)c3c2n1. The minimum absolute atomic E-state index is 0.311. The molecule has 0 aliphatic carbocycles. The number of aromatic nitrogens is 4. The quantitative estimate of drug-likeness (QED) is 0.180. The monoisotopic (exact) mass is 648 g/mol. The van der Waals surface area contributed by atoms with Crippen molar-refractivity contribution in [3.8, 4) is 39.3 Å². The van der Waals surface area contributed by atoms with Gasteiger partial charge in [0.15, 0.2) is 0 Å². The maximum absolute atomic E-state index is 6.75. The van der Waals surface area contributed by atoms with Crippen LogP contribution in [0.4, 0.5) is 0 Å². The standard InChI is InChI=1S/C45H36N4O/c1-27(2)29(4)38-26-24-36-35-19-12-20-37(43(35)50-45(36)48-38)44-47-39-25-23-32-22-21-28(3)46-40(32)42(39)49(44)41-33(30-13-7-5-8-14-30)17-11-18-34(41)31-15-9-6-10-16-31/h5-27,29H,1-4H3. The average molecular weight is 649 g/mol. The van der Waals surface area contributed by atoms with E-state index in [1.165, 1.54) is 0 Å². The van der Waals surface area contributed by atoms with E-state index in [4.69, 9.17) is 19.4 Å². The molecule has 5 aromatic carbocycles. The van der Waals surface area contributed by atoms with Crippen LogP contribution in [0.5, 0.6) is 0 Å². The maximum Gasteiger partial charge on any atom is 0.227 e. The van der Waals surface area contributed by atoms with E-state index < -0.39 is 0 Å². The lowest BCUT2D eigenvalue weighted by Gasteiger charge is -2.20. The lowest BCUT2D eigenvalue weighted by Crippen LogP contribution is -2.04. The molecule has 50 heavy (non-hydrogen) atoms. The van der Waals surface area contributed by atoms with Gasteiger partial charge in [-0.15, -0.1) is 0 Å². The number of furan rings is 1. The second kappa shape index (κ2) is 11.8. The van der Waals surface area contributed by atoms with Gasteiger partial charge in [-0.05, 0) is 54.3 Å². The summed E-state index contributed by atoms with van der Waals surface area (Å²) in [5.41, 5.74) is 12.5. The van der Waals surface area contributed by atoms with Crippen LogP contribution in [-0.4, -0.2) is 19.5 Å². The molecule has 0 saturated carbocycles. The normalized spacial score (nSPS) is 12.5. The molecule has 4 aromatic heterocycles. The highest BCUT2D eigenvalue weighted by atomic mass is 16.3. The number of fused-ring (bicyclic) bond motifs is 6. The first-order valence-electron chi connectivity index (χ1n) is 17.3. The lowest BCUT2D eigenvalue weighted by molar-refractivity contribution is 0.521. The van der Waals surface area contributed by atoms with Crippen molar-refractivity contribution in [2.75, 3.05) is 0 Å². The summed E-state index contributed by atoms with van der Waals surface area (Å²) < 4.78 is 9.08. The number of hydrogen-bond donors (Lipinski definition) is 0. The van der Waals surface area contributed by atoms with Gasteiger partial charge in [0.1, 0.15) is 11.4 Å². The Morgan fingerprint density at radius 2 is 1.24 bits per heavy atom. The van der Waals surface area contributed by atoms with Gasteiger partial charge in [-0.3, -0.25) is 9.55 Å². The molecule has 0 bridgehead atoms. The Morgan fingerprint density at radius 3 is 1.94 bits per heavy atom. The Labute approximate surface area is 290 Å². The van der Waals surface area contributed by atoms with E-state index in [1.807, 2.05) is 6.92 Å². The van der Waals surface area contributed by atoms with Crippen LogP contribution in [0, 0.1) is 12.8 Å². The van der Waals surface area contributed by atoms with Crippen LogP contribution in [0.1, 0.15) is 38.1 Å². The number of hydrogen-bond acceptors (Lipinski definition) is 4. The summed E-state index contributed by atoms with van der Waals surface area (Å²) in [6.07, 6.45) is 0. The number of rotatable bonds is 6. The summed E-state index contributed by atoms with van der Waals surface area (Å²) in [6, 6.07) is 46.9. The summed E-state index contributed by atoms with van der Waals surface area (Å²) in [5, 5.41) is 3.08. The Bertz CT molecular complexity index is 2650. The first kappa shape index (κ1) is 30.0. The van der Waals surface area contributed by atoms with E-state index in [0.29, 0.717) is 17.5 Å². The van der Waals surface area contributed by atoms with Crippen molar-refractivity contribution >= 4 is 44.0 Å². The number of benzene rings is 5. The molecule has 1 atom stereocenters. The zero-order valence-corrected chi connectivity index (χ0v) is 28.6. The van der Waals surface area contributed by atoms with E-state index in [2.05, 4.69) is 159 Å². The van der Waals surface area contributed by atoms with Crippen LogP contribution in [0.25, 0.3) is 83.3 Å². The Hall–Kier alpha value is -6.07. The molecule has 1 unspecified atom stereocenters. The maximum atomic E-state index is 6.75. The largest absolute Gasteiger partial charge is 0.437 e. The molecule has 9 aromatic rings. The Balaban J connectivity index is 1.43. The molecular weight excluding hydrogens is 613 g/mol. The third-order valence-corrected chi connectivity index (χ3v) is 10.1. The molecule has 242 valence electrons. The molecule has 0 radical (unpaired) electrons. The van der Waals surface area contributed by atoms with Crippen LogP contribution in [0.3, 0.4) is 0 Å². The van der Waals surface area contributed by atoms with Gasteiger partial charge in [0.05, 0.1) is 27.8 Å². The Kier molecular flexibility index (Phi) is 7.09. The summed E-state index contributed by atoms with van der Waals surface area (Å²) in [6.45, 7) is 8.73. The minimum Gasteiger partial charge on any atom is -0.437 e. The number of para-hydroxylation sites is 2. The third kappa shape index (κ3) is 4.80.